The van der Waals surface area contributed by atoms with Crippen LogP contribution in [0.4, 0.5) is 0 Å². The largest absolute Gasteiger partial charge is 0.373 e. The van der Waals surface area contributed by atoms with Crippen molar-refractivity contribution < 1.29 is 9.53 Å². The van der Waals surface area contributed by atoms with E-state index in [4.69, 9.17) is 10.5 Å². The summed E-state index contributed by atoms with van der Waals surface area (Å²) in [6.45, 7) is 9.14. The first-order valence-corrected chi connectivity index (χ1v) is 6.75. The molecule has 18 heavy (non-hydrogen) atoms. The molecule has 1 aliphatic carbocycles. The van der Waals surface area contributed by atoms with E-state index >= 15 is 0 Å². The van der Waals surface area contributed by atoms with Crippen LogP contribution in [-0.2, 0) is 9.53 Å². The van der Waals surface area contributed by atoms with E-state index in [0.717, 1.165) is 25.9 Å². The first-order valence-electron chi connectivity index (χ1n) is 6.75. The predicted molar refractivity (Wildman–Crippen MR) is 70.2 cm³/mol. The number of carbonyl (C=O) groups excluding carboxylic acids is 1. The Labute approximate surface area is 109 Å². The van der Waals surface area contributed by atoms with Gasteiger partial charge in [-0.15, -0.1) is 0 Å². The zero-order valence-electron chi connectivity index (χ0n) is 11.7. The van der Waals surface area contributed by atoms with Gasteiger partial charge in [0.05, 0.1) is 12.2 Å². The molecule has 0 spiro atoms. The molecular formula is C13H25N3O2. The smallest absolute Gasteiger partial charge is 0.238 e. The number of amides is 1. The third-order valence-corrected chi connectivity index (χ3v) is 3.69. The van der Waals surface area contributed by atoms with Crippen LogP contribution in [0.3, 0.4) is 0 Å². The highest BCUT2D eigenvalue weighted by molar-refractivity contribution is 5.84. The van der Waals surface area contributed by atoms with Gasteiger partial charge in [0.1, 0.15) is 5.54 Å². The number of rotatable bonds is 5. The van der Waals surface area contributed by atoms with Crippen molar-refractivity contribution in [3.05, 3.63) is 0 Å². The minimum absolute atomic E-state index is 0.142. The standard InChI is InChI=1S/C13H25N3O2/c1-12(2)8-16(6-7-18-12)9-13(3,11(14)17)15-10-4-5-10/h10,15H,4-9H2,1-3H3,(H2,14,17). The molecule has 1 atom stereocenters. The minimum atomic E-state index is -0.630. The van der Waals surface area contributed by atoms with Gasteiger partial charge in [0.2, 0.25) is 5.91 Å². The van der Waals surface area contributed by atoms with Gasteiger partial charge in [-0.2, -0.15) is 0 Å². The van der Waals surface area contributed by atoms with Crippen LogP contribution in [0.25, 0.3) is 0 Å². The summed E-state index contributed by atoms with van der Waals surface area (Å²) in [4.78, 5) is 14.0. The van der Waals surface area contributed by atoms with Gasteiger partial charge in [0.15, 0.2) is 0 Å². The number of nitrogens with two attached hydrogens (primary N) is 1. The third kappa shape index (κ3) is 3.43. The number of primary amides is 1. The molecule has 1 amide bonds. The van der Waals surface area contributed by atoms with Crippen molar-refractivity contribution in [1.29, 1.82) is 0 Å². The van der Waals surface area contributed by atoms with Gasteiger partial charge >= 0.3 is 0 Å². The van der Waals surface area contributed by atoms with E-state index in [1.54, 1.807) is 0 Å². The predicted octanol–water partition coefficient (Wildman–Crippen LogP) is 0.0932. The summed E-state index contributed by atoms with van der Waals surface area (Å²) >= 11 is 0. The second-order valence-corrected chi connectivity index (χ2v) is 6.43. The fourth-order valence-electron chi connectivity index (χ4n) is 2.57. The van der Waals surface area contributed by atoms with Gasteiger partial charge in [-0.05, 0) is 33.6 Å². The summed E-state index contributed by atoms with van der Waals surface area (Å²) in [5.41, 5.74) is 4.80. The van der Waals surface area contributed by atoms with Crippen LogP contribution in [0, 0.1) is 0 Å². The molecule has 3 N–H and O–H groups in total. The van der Waals surface area contributed by atoms with Crippen LogP contribution < -0.4 is 11.1 Å². The van der Waals surface area contributed by atoms with Gasteiger partial charge in [-0.1, -0.05) is 0 Å². The lowest BCUT2D eigenvalue weighted by molar-refractivity contribution is -0.128. The van der Waals surface area contributed by atoms with Gasteiger partial charge in [-0.25, -0.2) is 0 Å². The molecule has 0 aromatic heterocycles. The quantitative estimate of drug-likeness (QED) is 0.731. The normalized spacial score (nSPS) is 27.7. The van der Waals surface area contributed by atoms with Crippen molar-refractivity contribution in [3.63, 3.8) is 0 Å². The Hall–Kier alpha value is -0.650. The van der Waals surface area contributed by atoms with Crippen molar-refractivity contribution in [2.24, 2.45) is 5.73 Å². The lowest BCUT2D eigenvalue weighted by atomic mass is 9.98. The molecule has 0 aromatic carbocycles. The minimum Gasteiger partial charge on any atom is -0.373 e. The molecule has 1 saturated carbocycles. The number of morpholine rings is 1. The molecule has 1 unspecified atom stereocenters. The molecule has 2 rings (SSSR count). The second-order valence-electron chi connectivity index (χ2n) is 6.43. The Morgan fingerprint density at radius 3 is 2.72 bits per heavy atom. The SMILES string of the molecule is CC1(C)CN(CC(C)(NC2CC2)C(N)=O)CCO1. The van der Waals surface area contributed by atoms with Crippen LogP contribution >= 0.6 is 0 Å². The zero-order valence-corrected chi connectivity index (χ0v) is 11.7. The van der Waals surface area contributed by atoms with Crippen LogP contribution in [-0.4, -0.2) is 54.2 Å². The molecule has 5 heteroatoms. The summed E-state index contributed by atoms with van der Waals surface area (Å²) in [6, 6.07) is 0.469. The number of hydrogen-bond donors (Lipinski definition) is 2. The fraction of sp³-hybridized carbons (Fsp3) is 0.923. The maximum atomic E-state index is 11.7. The highest BCUT2D eigenvalue weighted by atomic mass is 16.5. The monoisotopic (exact) mass is 255 g/mol. The van der Waals surface area contributed by atoms with Gasteiger partial charge in [-0.3, -0.25) is 15.0 Å². The maximum Gasteiger partial charge on any atom is 0.238 e. The number of nitrogens with one attached hydrogen (secondary N) is 1. The Morgan fingerprint density at radius 2 is 2.22 bits per heavy atom. The van der Waals surface area contributed by atoms with E-state index in [2.05, 4.69) is 24.1 Å². The molecule has 0 bridgehead atoms. The number of nitrogens with zero attached hydrogens (tertiary/aromatic N) is 1. The molecule has 1 aliphatic heterocycles. The number of carbonyl (C=O) groups is 1. The summed E-state index contributed by atoms with van der Waals surface area (Å²) in [6.07, 6.45) is 2.30. The van der Waals surface area contributed by atoms with Crippen molar-refractivity contribution in [3.8, 4) is 0 Å². The van der Waals surface area contributed by atoms with Crippen molar-refractivity contribution in [2.45, 2.75) is 50.8 Å². The Bertz CT molecular complexity index is 328. The van der Waals surface area contributed by atoms with Crippen molar-refractivity contribution in [2.75, 3.05) is 26.2 Å². The molecule has 0 radical (unpaired) electrons. The van der Waals surface area contributed by atoms with E-state index in [0.29, 0.717) is 19.2 Å². The van der Waals surface area contributed by atoms with Crippen LogP contribution in [0.2, 0.25) is 0 Å². The second kappa shape index (κ2) is 4.79. The molecule has 2 aliphatic rings. The van der Waals surface area contributed by atoms with Gasteiger partial charge in [0.25, 0.3) is 0 Å². The van der Waals surface area contributed by atoms with Crippen LogP contribution in [0.15, 0.2) is 0 Å². The van der Waals surface area contributed by atoms with E-state index in [1.807, 2.05) is 6.92 Å². The van der Waals surface area contributed by atoms with Gasteiger partial charge in [0, 0.05) is 25.7 Å². The average Bonchev–Trinajstić information content (AvgIpc) is 2.99. The topological polar surface area (TPSA) is 67.6 Å². The van der Waals surface area contributed by atoms with Crippen molar-refractivity contribution >= 4 is 5.91 Å². The molecular weight excluding hydrogens is 230 g/mol. The molecule has 5 nitrogen and oxygen atoms in total. The highest BCUT2D eigenvalue weighted by Gasteiger charge is 2.40. The highest BCUT2D eigenvalue weighted by Crippen LogP contribution is 2.24. The molecule has 1 heterocycles. The van der Waals surface area contributed by atoms with E-state index in [-0.39, 0.29) is 11.5 Å². The van der Waals surface area contributed by atoms with Gasteiger partial charge < -0.3 is 10.5 Å². The average molecular weight is 255 g/mol. The molecule has 104 valence electrons. The summed E-state index contributed by atoms with van der Waals surface area (Å²) in [5, 5.41) is 3.38. The molecule has 0 aromatic rings. The summed E-state index contributed by atoms with van der Waals surface area (Å²) in [7, 11) is 0. The first kappa shape index (κ1) is 13.8. The van der Waals surface area contributed by atoms with Crippen LogP contribution in [0.5, 0.6) is 0 Å². The van der Waals surface area contributed by atoms with E-state index < -0.39 is 5.54 Å². The van der Waals surface area contributed by atoms with E-state index in [9.17, 15) is 4.79 Å². The lowest BCUT2D eigenvalue weighted by Gasteiger charge is -2.42. The van der Waals surface area contributed by atoms with Crippen LogP contribution in [0.1, 0.15) is 33.6 Å². The summed E-state index contributed by atoms with van der Waals surface area (Å²) < 4.78 is 5.69. The van der Waals surface area contributed by atoms with E-state index in [1.165, 1.54) is 0 Å². The lowest BCUT2D eigenvalue weighted by Crippen LogP contribution is -2.62. The molecule has 1 saturated heterocycles. The Balaban J connectivity index is 1.97. The Morgan fingerprint density at radius 1 is 1.56 bits per heavy atom. The third-order valence-electron chi connectivity index (χ3n) is 3.69. The van der Waals surface area contributed by atoms with Crippen molar-refractivity contribution in [1.82, 2.24) is 10.2 Å². The number of ether oxygens (including phenoxy) is 1. The maximum absolute atomic E-state index is 11.7. The fourth-order valence-corrected chi connectivity index (χ4v) is 2.57. The zero-order chi connectivity index (χ0) is 13.4. The first-order chi connectivity index (χ1) is 8.31. The summed E-state index contributed by atoms with van der Waals surface area (Å²) in [5.74, 6) is -0.265. The Kier molecular flexibility index (Phi) is 3.67. The molecule has 2 fully saturated rings. The number of hydrogen-bond acceptors (Lipinski definition) is 4.